The maximum atomic E-state index is 14.0. The van der Waals surface area contributed by atoms with E-state index in [0.29, 0.717) is 18.0 Å². The molecule has 0 unspecified atom stereocenters. The summed E-state index contributed by atoms with van der Waals surface area (Å²) in [4.78, 5) is 27.0. The lowest BCUT2D eigenvalue weighted by molar-refractivity contribution is -0.148. The number of fused-ring (bicyclic) bond motifs is 1. The van der Waals surface area contributed by atoms with Crippen molar-refractivity contribution in [3.63, 3.8) is 0 Å². The van der Waals surface area contributed by atoms with Crippen LogP contribution in [0.1, 0.15) is 45.2 Å². The summed E-state index contributed by atoms with van der Waals surface area (Å²) in [7, 11) is -4.11. The molecule has 0 radical (unpaired) electrons. The molecule has 2 atom stereocenters. The van der Waals surface area contributed by atoms with Crippen molar-refractivity contribution < 1.29 is 32.6 Å². The normalized spacial score (nSPS) is 14.0. The third kappa shape index (κ3) is 10.3. The second-order valence-corrected chi connectivity index (χ2v) is 14.5. The molecule has 254 valence electrons. The van der Waals surface area contributed by atoms with E-state index in [1.54, 1.807) is 6.07 Å². The topological polar surface area (TPSA) is 138 Å². The van der Waals surface area contributed by atoms with Crippen molar-refractivity contribution in [2.75, 3.05) is 26.4 Å². The Bertz CT molecular complexity index is 1570. The Morgan fingerprint density at radius 3 is 2.13 bits per heavy atom. The van der Waals surface area contributed by atoms with Crippen LogP contribution in [-0.4, -0.2) is 73.2 Å². The standard InChI is InChI=1S/C35H46N4O7S/c1-25(2)17-35(42)39(37-34(41)21-36-20-28-13-9-6-10-14-28)30(18-27-11-7-5-8-12-27)31(40)23-38(22-26(3)4)47(43,44)29-15-16-32-33(19-29)46-24-45-32/h5-16,19,25-26,30-31,36,40H,17-18,20-24H2,1-4H3,(H,37,41)/t30-,31+/m0/s1. The quantitative estimate of drug-likeness (QED) is 0.197. The minimum Gasteiger partial charge on any atom is -0.454 e. The summed E-state index contributed by atoms with van der Waals surface area (Å²) >= 11 is 0. The minimum atomic E-state index is -4.11. The van der Waals surface area contributed by atoms with Crippen molar-refractivity contribution in [1.82, 2.24) is 20.1 Å². The summed E-state index contributed by atoms with van der Waals surface area (Å²) < 4.78 is 40.0. The highest BCUT2D eigenvalue weighted by Gasteiger charge is 2.36. The van der Waals surface area contributed by atoms with Gasteiger partial charge in [-0.3, -0.25) is 15.0 Å². The number of sulfonamides is 1. The number of ether oxygens (including phenoxy) is 2. The Morgan fingerprint density at radius 2 is 1.49 bits per heavy atom. The van der Waals surface area contributed by atoms with Gasteiger partial charge in [-0.25, -0.2) is 13.4 Å². The monoisotopic (exact) mass is 666 g/mol. The summed E-state index contributed by atoms with van der Waals surface area (Å²) in [6.45, 7) is 7.73. The van der Waals surface area contributed by atoms with Crippen LogP contribution in [0.15, 0.2) is 83.8 Å². The van der Waals surface area contributed by atoms with Gasteiger partial charge in [0.15, 0.2) is 11.5 Å². The number of rotatable bonds is 16. The molecule has 1 aliphatic rings. The van der Waals surface area contributed by atoms with Crippen LogP contribution in [0, 0.1) is 11.8 Å². The van der Waals surface area contributed by atoms with E-state index in [1.165, 1.54) is 21.4 Å². The van der Waals surface area contributed by atoms with Crippen LogP contribution in [0.4, 0.5) is 0 Å². The first-order chi connectivity index (χ1) is 22.4. The van der Waals surface area contributed by atoms with Gasteiger partial charge < -0.3 is 19.9 Å². The number of nitrogens with one attached hydrogen (secondary N) is 2. The van der Waals surface area contributed by atoms with E-state index in [4.69, 9.17) is 9.47 Å². The first-order valence-corrected chi connectivity index (χ1v) is 17.4. The second-order valence-electron chi connectivity index (χ2n) is 12.5. The van der Waals surface area contributed by atoms with E-state index in [-0.39, 0.29) is 61.9 Å². The number of carbonyl (C=O) groups excluding carboxylic acids is 2. The molecule has 3 N–H and O–H groups in total. The number of carbonyl (C=O) groups is 2. The average Bonchev–Trinajstić information content (AvgIpc) is 3.51. The van der Waals surface area contributed by atoms with E-state index in [2.05, 4.69) is 10.7 Å². The molecule has 0 aromatic heterocycles. The highest BCUT2D eigenvalue weighted by Crippen LogP contribution is 2.35. The van der Waals surface area contributed by atoms with Gasteiger partial charge in [0, 0.05) is 32.1 Å². The molecule has 0 aliphatic carbocycles. The predicted octanol–water partition coefficient (Wildman–Crippen LogP) is 3.73. The van der Waals surface area contributed by atoms with Crippen LogP contribution in [0.25, 0.3) is 0 Å². The lowest BCUT2D eigenvalue weighted by Gasteiger charge is -2.37. The first kappa shape index (κ1) is 35.9. The van der Waals surface area contributed by atoms with Gasteiger partial charge in [0.2, 0.25) is 22.7 Å². The summed E-state index contributed by atoms with van der Waals surface area (Å²) in [5, 5.41) is 16.2. The molecule has 0 spiro atoms. The number of hydrogen-bond acceptors (Lipinski definition) is 8. The number of hydrogen-bond donors (Lipinski definition) is 3. The Balaban J connectivity index is 1.62. The second kappa shape index (κ2) is 16.7. The SMILES string of the molecule is CC(C)CC(=O)N(NC(=O)CNCc1ccccc1)[C@@H](Cc1ccccc1)[C@H](O)CN(CC(C)C)S(=O)(=O)c1ccc2c(c1)OCO2. The van der Waals surface area contributed by atoms with Crippen LogP contribution in [0.3, 0.4) is 0 Å². The van der Waals surface area contributed by atoms with E-state index in [0.717, 1.165) is 11.1 Å². The molecule has 11 nitrogen and oxygen atoms in total. The molecule has 0 bridgehead atoms. The van der Waals surface area contributed by atoms with Gasteiger partial charge in [-0.2, -0.15) is 4.31 Å². The predicted molar refractivity (Wildman–Crippen MR) is 179 cm³/mol. The van der Waals surface area contributed by atoms with E-state index in [1.807, 2.05) is 88.4 Å². The molecular weight excluding hydrogens is 620 g/mol. The third-order valence-electron chi connectivity index (χ3n) is 7.56. The van der Waals surface area contributed by atoms with Crippen molar-refractivity contribution in [3.8, 4) is 11.5 Å². The van der Waals surface area contributed by atoms with Crippen LogP contribution in [0.2, 0.25) is 0 Å². The van der Waals surface area contributed by atoms with Crippen LogP contribution < -0.4 is 20.2 Å². The van der Waals surface area contributed by atoms with Gasteiger partial charge in [0.05, 0.1) is 23.6 Å². The maximum Gasteiger partial charge on any atom is 0.252 e. The molecule has 0 fully saturated rings. The first-order valence-electron chi connectivity index (χ1n) is 15.9. The van der Waals surface area contributed by atoms with E-state index in [9.17, 15) is 23.1 Å². The zero-order chi connectivity index (χ0) is 34.0. The molecule has 0 saturated carbocycles. The molecule has 1 heterocycles. The molecule has 2 amide bonds. The third-order valence-corrected chi connectivity index (χ3v) is 9.39. The Morgan fingerprint density at radius 1 is 0.851 bits per heavy atom. The van der Waals surface area contributed by atoms with Crippen LogP contribution in [-0.2, 0) is 32.6 Å². The lowest BCUT2D eigenvalue weighted by atomic mass is 9.99. The molecule has 12 heteroatoms. The molecule has 3 aromatic rings. The average molecular weight is 667 g/mol. The molecule has 0 saturated heterocycles. The fraction of sp³-hybridized carbons (Fsp3) is 0.429. The minimum absolute atomic E-state index is 0.000238. The van der Waals surface area contributed by atoms with Gasteiger partial charge in [0.1, 0.15) is 0 Å². The number of benzene rings is 3. The maximum absolute atomic E-state index is 14.0. The molecule has 4 rings (SSSR count). The van der Waals surface area contributed by atoms with E-state index >= 15 is 0 Å². The van der Waals surface area contributed by atoms with Crippen molar-refractivity contribution in [1.29, 1.82) is 0 Å². The van der Waals surface area contributed by atoms with Crippen molar-refractivity contribution in [2.45, 2.75) is 64.1 Å². The van der Waals surface area contributed by atoms with Gasteiger partial charge in [0.25, 0.3) is 5.91 Å². The number of aliphatic hydroxyl groups is 1. The smallest absolute Gasteiger partial charge is 0.252 e. The van der Waals surface area contributed by atoms with Crippen molar-refractivity contribution >= 4 is 21.8 Å². The molecule has 1 aliphatic heterocycles. The van der Waals surface area contributed by atoms with Crippen molar-refractivity contribution in [2.24, 2.45) is 11.8 Å². The zero-order valence-electron chi connectivity index (χ0n) is 27.5. The van der Waals surface area contributed by atoms with Crippen molar-refractivity contribution in [3.05, 3.63) is 90.0 Å². The summed E-state index contributed by atoms with van der Waals surface area (Å²) in [6.07, 6.45) is -1.09. The fourth-order valence-corrected chi connectivity index (χ4v) is 6.96. The summed E-state index contributed by atoms with van der Waals surface area (Å²) in [6, 6.07) is 22.3. The molecule has 47 heavy (non-hydrogen) atoms. The van der Waals surface area contributed by atoms with Gasteiger partial charge in [-0.15, -0.1) is 0 Å². The Kier molecular flexibility index (Phi) is 12.8. The summed E-state index contributed by atoms with van der Waals surface area (Å²) in [5.41, 5.74) is 4.56. The van der Waals surface area contributed by atoms with Gasteiger partial charge >= 0.3 is 0 Å². The number of amides is 2. The largest absolute Gasteiger partial charge is 0.454 e. The Labute approximate surface area is 277 Å². The number of aliphatic hydroxyl groups excluding tert-OH is 1. The van der Waals surface area contributed by atoms with E-state index < -0.39 is 28.1 Å². The Hall–Kier alpha value is -3.97. The number of hydrazine groups is 1. The number of nitrogens with zero attached hydrogens (tertiary/aromatic N) is 2. The van der Waals surface area contributed by atoms with Crippen LogP contribution >= 0.6 is 0 Å². The van der Waals surface area contributed by atoms with Gasteiger partial charge in [-0.1, -0.05) is 88.4 Å². The fourth-order valence-electron chi connectivity index (χ4n) is 5.32. The summed E-state index contributed by atoms with van der Waals surface area (Å²) in [5.74, 6) is -0.174. The molecule has 3 aromatic carbocycles. The zero-order valence-corrected chi connectivity index (χ0v) is 28.3. The van der Waals surface area contributed by atoms with Crippen LogP contribution in [0.5, 0.6) is 11.5 Å². The highest BCUT2D eigenvalue weighted by molar-refractivity contribution is 7.89. The van der Waals surface area contributed by atoms with Gasteiger partial charge in [-0.05, 0) is 41.5 Å². The highest BCUT2D eigenvalue weighted by atomic mass is 32.2. The lowest BCUT2D eigenvalue weighted by Crippen LogP contribution is -2.60. The molecular formula is C35H46N4O7S.